The van der Waals surface area contributed by atoms with Crippen molar-refractivity contribution in [2.24, 2.45) is 0 Å². The molecule has 0 bridgehead atoms. The van der Waals surface area contributed by atoms with Crippen LogP contribution < -0.4 is 5.32 Å². The quantitative estimate of drug-likeness (QED) is 0.931. The van der Waals surface area contributed by atoms with Gasteiger partial charge in [0.1, 0.15) is 5.01 Å². The molecule has 0 aliphatic carbocycles. The predicted molar refractivity (Wildman–Crippen MR) is 72.6 cm³/mol. The van der Waals surface area contributed by atoms with Crippen LogP contribution in [0, 0.1) is 0 Å². The Morgan fingerprint density at radius 1 is 1.31 bits per heavy atom. The summed E-state index contributed by atoms with van der Waals surface area (Å²) in [6.07, 6.45) is 0. The van der Waals surface area contributed by atoms with Crippen LogP contribution >= 0.6 is 27.3 Å². The second kappa shape index (κ2) is 5.57. The summed E-state index contributed by atoms with van der Waals surface area (Å²) in [7, 11) is 0. The van der Waals surface area contributed by atoms with E-state index in [4.69, 9.17) is 0 Å². The van der Waals surface area contributed by atoms with Gasteiger partial charge in [0.15, 0.2) is 0 Å². The zero-order valence-corrected chi connectivity index (χ0v) is 11.4. The lowest BCUT2D eigenvalue weighted by Gasteiger charge is -1.97. The molecule has 1 aromatic carbocycles. The van der Waals surface area contributed by atoms with Crippen LogP contribution in [-0.2, 0) is 6.54 Å². The number of halogens is 1. The minimum Gasteiger partial charge on any atom is -0.311 e. The molecule has 0 spiro atoms. The van der Waals surface area contributed by atoms with E-state index in [9.17, 15) is 0 Å². The average molecular weight is 297 g/mol. The Bertz CT molecular complexity index is 450. The van der Waals surface area contributed by atoms with Crippen LogP contribution in [0.1, 0.15) is 11.9 Å². The monoisotopic (exact) mass is 296 g/mol. The number of nitrogens with one attached hydrogen (secondary N) is 1. The maximum Gasteiger partial charge on any atom is 0.107 e. The van der Waals surface area contributed by atoms with E-state index in [2.05, 4.69) is 50.7 Å². The lowest BCUT2D eigenvalue weighted by molar-refractivity contribution is 0.723. The van der Waals surface area contributed by atoms with Gasteiger partial charge in [0.25, 0.3) is 0 Å². The highest BCUT2D eigenvalue weighted by Crippen LogP contribution is 2.23. The second-order valence-corrected chi connectivity index (χ2v) is 5.27. The SMILES string of the molecule is CCNCc1nc(-c2ccc(Br)cc2)cs1. The van der Waals surface area contributed by atoms with Gasteiger partial charge in [-0.25, -0.2) is 4.98 Å². The molecule has 1 heterocycles. The van der Waals surface area contributed by atoms with Gasteiger partial charge in [-0.2, -0.15) is 0 Å². The smallest absolute Gasteiger partial charge is 0.107 e. The van der Waals surface area contributed by atoms with E-state index in [1.807, 2.05) is 12.1 Å². The molecule has 1 N–H and O–H groups in total. The molecule has 1 aromatic heterocycles. The fourth-order valence-corrected chi connectivity index (χ4v) is 2.41. The third kappa shape index (κ3) is 2.90. The van der Waals surface area contributed by atoms with E-state index in [0.717, 1.165) is 28.3 Å². The molecule has 2 nitrogen and oxygen atoms in total. The number of hydrogen-bond donors (Lipinski definition) is 1. The van der Waals surface area contributed by atoms with Gasteiger partial charge in [-0.3, -0.25) is 0 Å². The van der Waals surface area contributed by atoms with Crippen molar-refractivity contribution in [2.45, 2.75) is 13.5 Å². The first-order valence-electron chi connectivity index (χ1n) is 5.20. The average Bonchev–Trinajstić information content (AvgIpc) is 2.76. The molecule has 0 radical (unpaired) electrons. The standard InChI is InChI=1S/C12H13BrN2S/c1-2-14-7-12-15-11(8-16-12)9-3-5-10(13)6-4-9/h3-6,8,14H,2,7H2,1H3. The fraction of sp³-hybridized carbons (Fsp3) is 0.250. The second-order valence-electron chi connectivity index (χ2n) is 3.41. The fourth-order valence-electron chi connectivity index (χ4n) is 1.38. The summed E-state index contributed by atoms with van der Waals surface area (Å²) in [6, 6.07) is 8.24. The van der Waals surface area contributed by atoms with Crippen LogP contribution in [0.3, 0.4) is 0 Å². The number of hydrogen-bond acceptors (Lipinski definition) is 3. The minimum absolute atomic E-state index is 0.859. The topological polar surface area (TPSA) is 24.9 Å². The van der Waals surface area contributed by atoms with Crippen LogP contribution in [0.5, 0.6) is 0 Å². The van der Waals surface area contributed by atoms with Crippen molar-refractivity contribution >= 4 is 27.3 Å². The van der Waals surface area contributed by atoms with Gasteiger partial charge >= 0.3 is 0 Å². The Labute approximate surface area is 108 Å². The molecule has 84 valence electrons. The Kier molecular flexibility index (Phi) is 4.09. The van der Waals surface area contributed by atoms with Crippen molar-refractivity contribution in [3.8, 4) is 11.3 Å². The van der Waals surface area contributed by atoms with Crippen molar-refractivity contribution in [1.82, 2.24) is 10.3 Å². The summed E-state index contributed by atoms with van der Waals surface area (Å²) in [5.74, 6) is 0. The molecule has 16 heavy (non-hydrogen) atoms. The largest absolute Gasteiger partial charge is 0.311 e. The summed E-state index contributed by atoms with van der Waals surface area (Å²) in [4.78, 5) is 4.59. The van der Waals surface area contributed by atoms with Crippen LogP contribution in [0.15, 0.2) is 34.1 Å². The zero-order valence-electron chi connectivity index (χ0n) is 9.03. The van der Waals surface area contributed by atoms with Gasteiger partial charge in [0.2, 0.25) is 0 Å². The molecule has 0 amide bonds. The van der Waals surface area contributed by atoms with Crippen LogP contribution in [0.25, 0.3) is 11.3 Å². The lowest BCUT2D eigenvalue weighted by Crippen LogP contribution is -2.11. The molecule has 0 saturated carbocycles. The van der Waals surface area contributed by atoms with Gasteiger partial charge in [-0.05, 0) is 18.7 Å². The maximum atomic E-state index is 4.59. The highest BCUT2D eigenvalue weighted by atomic mass is 79.9. The minimum atomic E-state index is 0.859. The molecule has 2 rings (SSSR count). The molecular formula is C12H13BrN2S. The molecule has 0 atom stereocenters. The van der Waals surface area contributed by atoms with E-state index in [1.165, 1.54) is 5.56 Å². The van der Waals surface area contributed by atoms with Crippen LogP contribution in [-0.4, -0.2) is 11.5 Å². The molecule has 0 fully saturated rings. The van der Waals surface area contributed by atoms with Crippen LogP contribution in [0.4, 0.5) is 0 Å². The van der Waals surface area contributed by atoms with Gasteiger partial charge in [-0.15, -0.1) is 11.3 Å². The van der Waals surface area contributed by atoms with Crippen molar-refractivity contribution in [3.63, 3.8) is 0 Å². The van der Waals surface area contributed by atoms with E-state index in [1.54, 1.807) is 11.3 Å². The van der Waals surface area contributed by atoms with Gasteiger partial charge < -0.3 is 5.32 Å². The highest BCUT2D eigenvalue weighted by molar-refractivity contribution is 9.10. The third-order valence-electron chi connectivity index (χ3n) is 2.22. The summed E-state index contributed by atoms with van der Waals surface area (Å²) in [5, 5.41) is 6.52. The number of nitrogens with zero attached hydrogens (tertiary/aromatic N) is 1. The number of benzene rings is 1. The first-order valence-corrected chi connectivity index (χ1v) is 6.88. The molecule has 2 aromatic rings. The lowest BCUT2D eigenvalue weighted by atomic mass is 10.2. The zero-order chi connectivity index (χ0) is 11.4. The summed E-state index contributed by atoms with van der Waals surface area (Å²) < 4.78 is 1.10. The third-order valence-corrected chi connectivity index (χ3v) is 3.60. The Morgan fingerprint density at radius 2 is 2.06 bits per heavy atom. The number of rotatable bonds is 4. The summed E-state index contributed by atoms with van der Waals surface area (Å²) >= 11 is 5.13. The Hall–Kier alpha value is -0.710. The highest BCUT2D eigenvalue weighted by Gasteiger charge is 2.03. The number of thiazole rings is 1. The molecule has 4 heteroatoms. The van der Waals surface area contributed by atoms with E-state index >= 15 is 0 Å². The number of aromatic nitrogens is 1. The maximum absolute atomic E-state index is 4.59. The van der Waals surface area contributed by atoms with E-state index in [-0.39, 0.29) is 0 Å². The summed E-state index contributed by atoms with van der Waals surface area (Å²) in [6.45, 7) is 3.94. The molecule has 0 aliphatic heterocycles. The first kappa shape index (κ1) is 11.8. The van der Waals surface area contributed by atoms with E-state index < -0.39 is 0 Å². The van der Waals surface area contributed by atoms with Crippen molar-refractivity contribution in [1.29, 1.82) is 0 Å². The predicted octanol–water partition coefficient (Wildman–Crippen LogP) is 3.68. The normalized spacial score (nSPS) is 10.6. The van der Waals surface area contributed by atoms with Crippen molar-refractivity contribution < 1.29 is 0 Å². The molecule has 0 saturated heterocycles. The molecule has 0 aliphatic rings. The van der Waals surface area contributed by atoms with E-state index in [0.29, 0.717) is 0 Å². The Balaban J connectivity index is 2.15. The molecular weight excluding hydrogens is 284 g/mol. The van der Waals surface area contributed by atoms with Gasteiger partial charge in [-0.1, -0.05) is 35.0 Å². The Morgan fingerprint density at radius 3 is 2.75 bits per heavy atom. The van der Waals surface area contributed by atoms with Crippen molar-refractivity contribution in [2.75, 3.05) is 6.54 Å². The van der Waals surface area contributed by atoms with Gasteiger partial charge in [0.05, 0.1) is 5.69 Å². The first-order chi connectivity index (χ1) is 7.79. The van der Waals surface area contributed by atoms with Crippen LogP contribution in [0.2, 0.25) is 0 Å². The van der Waals surface area contributed by atoms with Crippen molar-refractivity contribution in [3.05, 3.63) is 39.1 Å². The summed E-state index contributed by atoms with van der Waals surface area (Å²) in [5.41, 5.74) is 2.23. The van der Waals surface area contributed by atoms with Gasteiger partial charge in [0, 0.05) is 22.0 Å². The molecule has 0 unspecified atom stereocenters.